The van der Waals surface area contributed by atoms with Crippen LogP contribution < -0.4 is 5.32 Å². The molecule has 4 nitrogen and oxygen atoms in total. The summed E-state index contributed by atoms with van der Waals surface area (Å²) in [5.41, 5.74) is -1.10. The van der Waals surface area contributed by atoms with Gasteiger partial charge in [0.15, 0.2) is 0 Å². The molecule has 1 aromatic carbocycles. The first-order valence-corrected chi connectivity index (χ1v) is 6.34. The highest BCUT2D eigenvalue weighted by molar-refractivity contribution is 5.44. The predicted molar refractivity (Wildman–Crippen MR) is 67.4 cm³/mol. The Hall–Kier alpha value is -1.63. The molecule has 0 bridgehead atoms. The van der Waals surface area contributed by atoms with Crippen molar-refractivity contribution in [1.29, 1.82) is 0 Å². The summed E-state index contributed by atoms with van der Waals surface area (Å²) >= 11 is 0. The van der Waals surface area contributed by atoms with Gasteiger partial charge in [-0.05, 0) is 38.3 Å². The number of nitro groups is 1. The molecular weight excluding hydrogens is 273 g/mol. The zero-order valence-corrected chi connectivity index (χ0v) is 10.9. The number of halogens is 3. The Balaban J connectivity index is 2.30. The van der Waals surface area contributed by atoms with Crippen LogP contribution in [-0.2, 0) is 12.6 Å². The molecule has 1 N–H and O–H groups in total. The predicted octanol–water partition coefficient (Wildman–Crippen LogP) is 3.15. The van der Waals surface area contributed by atoms with E-state index in [1.807, 2.05) is 0 Å². The molecule has 1 aromatic rings. The van der Waals surface area contributed by atoms with Crippen LogP contribution in [0, 0.1) is 16.0 Å². The van der Waals surface area contributed by atoms with E-state index in [1.54, 1.807) is 7.05 Å². The maximum atomic E-state index is 12.6. The first-order chi connectivity index (χ1) is 9.32. The van der Waals surface area contributed by atoms with Gasteiger partial charge in [0.25, 0.3) is 5.69 Å². The van der Waals surface area contributed by atoms with Crippen LogP contribution in [0.25, 0.3) is 0 Å². The molecule has 1 atom stereocenters. The Kier molecular flexibility index (Phi) is 3.99. The number of nitrogens with one attached hydrogen (secondary N) is 1. The monoisotopic (exact) mass is 288 g/mol. The number of rotatable bonds is 5. The quantitative estimate of drug-likeness (QED) is 0.669. The molecule has 0 spiro atoms. The summed E-state index contributed by atoms with van der Waals surface area (Å²) in [6, 6.07) is 2.82. The summed E-state index contributed by atoms with van der Waals surface area (Å²) in [6.07, 6.45) is -2.09. The lowest BCUT2D eigenvalue weighted by molar-refractivity contribution is -0.385. The van der Waals surface area contributed by atoms with Crippen molar-refractivity contribution in [1.82, 2.24) is 5.32 Å². The van der Waals surface area contributed by atoms with Gasteiger partial charge in [-0.2, -0.15) is 13.2 Å². The van der Waals surface area contributed by atoms with Crippen LogP contribution in [0.5, 0.6) is 0 Å². The molecule has 7 heteroatoms. The van der Waals surface area contributed by atoms with Gasteiger partial charge in [-0.15, -0.1) is 0 Å². The maximum absolute atomic E-state index is 12.6. The Morgan fingerprint density at radius 1 is 1.45 bits per heavy atom. The first kappa shape index (κ1) is 14.8. The number of benzene rings is 1. The van der Waals surface area contributed by atoms with E-state index in [1.165, 1.54) is 6.07 Å². The van der Waals surface area contributed by atoms with E-state index in [0.717, 1.165) is 18.9 Å². The lowest BCUT2D eigenvalue weighted by Gasteiger charge is -2.16. The molecule has 20 heavy (non-hydrogen) atoms. The number of hydrogen-bond donors (Lipinski definition) is 1. The fourth-order valence-corrected chi connectivity index (χ4v) is 2.32. The molecule has 2 rings (SSSR count). The molecule has 1 aliphatic carbocycles. The van der Waals surface area contributed by atoms with Gasteiger partial charge in [0.05, 0.1) is 10.5 Å². The van der Waals surface area contributed by atoms with E-state index < -0.39 is 22.4 Å². The molecule has 1 fully saturated rings. The smallest absolute Gasteiger partial charge is 0.316 e. The normalized spacial score (nSPS) is 17.0. The summed E-state index contributed by atoms with van der Waals surface area (Å²) in [5.74, 6) is 0.460. The second-order valence-corrected chi connectivity index (χ2v) is 5.04. The van der Waals surface area contributed by atoms with Crippen LogP contribution in [-0.4, -0.2) is 18.0 Å². The van der Waals surface area contributed by atoms with E-state index >= 15 is 0 Å². The Morgan fingerprint density at radius 2 is 2.10 bits per heavy atom. The summed E-state index contributed by atoms with van der Waals surface area (Å²) in [5, 5.41) is 14.1. The van der Waals surface area contributed by atoms with Crippen molar-refractivity contribution < 1.29 is 18.1 Å². The van der Waals surface area contributed by atoms with Gasteiger partial charge in [0.1, 0.15) is 0 Å². The van der Waals surface area contributed by atoms with Crippen molar-refractivity contribution in [3.05, 3.63) is 39.4 Å². The molecule has 1 saturated carbocycles. The topological polar surface area (TPSA) is 55.2 Å². The van der Waals surface area contributed by atoms with Crippen molar-refractivity contribution >= 4 is 5.69 Å². The number of nitro benzene ring substituents is 1. The van der Waals surface area contributed by atoms with E-state index in [-0.39, 0.29) is 6.04 Å². The van der Waals surface area contributed by atoms with Crippen LogP contribution in [0.2, 0.25) is 0 Å². The average Bonchev–Trinajstić information content (AvgIpc) is 3.18. The van der Waals surface area contributed by atoms with Gasteiger partial charge in [-0.1, -0.05) is 6.07 Å². The molecule has 1 unspecified atom stereocenters. The molecule has 0 heterocycles. The third-order valence-corrected chi connectivity index (χ3v) is 3.61. The zero-order valence-electron chi connectivity index (χ0n) is 10.9. The minimum absolute atomic E-state index is 0.0745. The fourth-order valence-electron chi connectivity index (χ4n) is 2.32. The summed E-state index contributed by atoms with van der Waals surface area (Å²) in [4.78, 5) is 10.2. The van der Waals surface area contributed by atoms with E-state index in [9.17, 15) is 23.3 Å². The fraction of sp³-hybridized carbons (Fsp3) is 0.538. The van der Waals surface area contributed by atoms with Crippen molar-refractivity contribution in [2.75, 3.05) is 7.05 Å². The van der Waals surface area contributed by atoms with E-state index in [4.69, 9.17) is 0 Å². The van der Waals surface area contributed by atoms with Crippen molar-refractivity contribution in [3.8, 4) is 0 Å². The van der Waals surface area contributed by atoms with Gasteiger partial charge in [0.2, 0.25) is 0 Å². The SMILES string of the molecule is CNC(Cc1ccc(C(F)(F)F)cc1[N+](=O)[O-])C1CC1. The average molecular weight is 288 g/mol. The van der Waals surface area contributed by atoms with Crippen LogP contribution in [0.3, 0.4) is 0 Å². The molecule has 1 aliphatic rings. The Morgan fingerprint density at radius 3 is 2.55 bits per heavy atom. The molecule has 0 radical (unpaired) electrons. The molecule has 0 saturated heterocycles. The Labute approximate surface area is 114 Å². The summed E-state index contributed by atoms with van der Waals surface area (Å²) in [7, 11) is 1.76. The van der Waals surface area contributed by atoms with Gasteiger partial charge < -0.3 is 5.32 Å². The lowest BCUT2D eigenvalue weighted by Crippen LogP contribution is -2.30. The van der Waals surface area contributed by atoms with Gasteiger partial charge in [0, 0.05) is 17.7 Å². The van der Waals surface area contributed by atoms with Crippen molar-refractivity contribution in [2.45, 2.75) is 31.5 Å². The second-order valence-electron chi connectivity index (χ2n) is 5.04. The van der Waals surface area contributed by atoms with Gasteiger partial charge >= 0.3 is 6.18 Å². The van der Waals surface area contributed by atoms with E-state index in [2.05, 4.69) is 5.32 Å². The van der Waals surface area contributed by atoms with Crippen molar-refractivity contribution in [2.24, 2.45) is 5.92 Å². The molecular formula is C13H15F3N2O2. The summed E-state index contributed by atoms with van der Waals surface area (Å²) in [6.45, 7) is 0. The lowest BCUT2D eigenvalue weighted by atomic mass is 9.99. The van der Waals surface area contributed by atoms with Crippen molar-refractivity contribution in [3.63, 3.8) is 0 Å². The number of nitrogens with zero attached hydrogens (tertiary/aromatic N) is 1. The number of alkyl halides is 3. The highest BCUT2D eigenvalue weighted by atomic mass is 19.4. The van der Waals surface area contributed by atoms with Gasteiger partial charge in [-0.25, -0.2) is 0 Å². The second kappa shape index (κ2) is 5.40. The highest BCUT2D eigenvalue weighted by Crippen LogP contribution is 2.37. The Bertz CT molecular complexity index is 513. The van der Waals surface area contributed by atoms with Crippen LogP contribution in [0.1, 0.15) is 24.0 Å². The third-order valence-electron chi connectivity index (χ3n) is 3.61. The molecule has 110 valence electrons. The highest BCUT2D eigenvalue weighted by Gasteiger charge is 2.35. The van der Waals surface area contributed by atoms with Crippen LogP contribution in [0.4, 0.5) is 18.9 Å². The molecule has 0 amide bonds. The third kappa shape index (κ3) is 3.27. The summed E-state index contributed by atoms with van der Waals surface area (Å²) < 4.78 is 37.8. The molecule has 0 aromatic heterocycles. The number of hydrogen-bond acceptors (Lipinski definition) is 3. The first-order valence-electron chi connectivity index (χ1n) is 6.34. The van der Waals surface area contributed by atoms with E-state index in [0.29, 0.717) is 24.0 Å². The van der Waals surface area contributed by atoms with Crippen LogP contribution in [0.15, 0.2) is 18.2 Å². The van der Waals surface area contributed by atoms with Gasteiger partial charge in [-0.3, -0.25) is 10.1 Å². The van der Waals surface area contributed by atoms with Crippen LogP contribution >= 0.6 is 0 Å². The minimum atomic E-state index is -4.57. The molecule has 0 aliphatic heterocycles. The number of likely N-dealkylation sites (N-methyl/N-ethyl adjacent to an activating group) is 1. The maximum Gasteiger partial charge on any atom is 0.416 e. The minimum Gasteiger partial charge on any atom is -0.316 e. The largest absolute Gasteiger partial charge is 0.416 e. The standard InChI is InChI=1S/C13H15F3N2O2/c1-17-11(8-2-3-8)6-9-4-5-10(13(14,15)16)7-12(9)18(19)20/h4-5,7-8,11,17H,2-3,6H2,1H3. The zero-order chi connectivity index (χ0) is 14.9.